The molecule has 0 radical (unpaired) electrons. The zero-order chi connectivity index (χ0) is 21.8. The Hall–Kier alpha value is -3.00. The van der Waals surface area contributed by atoms with Crippen LogP contribution in [0.25, 0.3) is 11.4 Å². The summed E-state index contributed by atoms with van der Waals surface area (Å²) in [7, 11) is 0. The number of benzene rings is 2. The summed E-state index contributed by atoms with van der Waals surface area (Å²) >= 11 is 3.46. The van der Waals surface area contributed by atoms with Crippen molar-refractivity contribution in [1.29, 1.82) is 0 Å². The molecule has 1 aromatic heterocycles. The molecule has 0 bridgehead atoms. The highest BCUT2D eigenvalue weighted by Crippen LogP contribution is 2.30. The number of anilines is 1. The van der Waals surface area contributed by atoms with Crippen LogP contribution in [0.4, 0.5) is 5.69 Å². The first kappa shape index (κ1) is 21.2. The first-order valence-corrected chi connectivity index (χ1v) is 11.1. The Labute approximate surface area is 189 Å². The summed E-state index contributed by atoms with van der Waals surface area (Å²) in [6.07, 6.45) is 2.16. The van der Waals surface area contributed by atoms with Gasteiger partial charge in [0.05, 0.1) is 11.5 Å². The summed E-state index contributed by atoms with van der Waals surface area (Å²) < 4.78 is 6.35. The van der Waals surface area contributed by atoms with Crippen molar-refractivity contribution in [3.8, 4) is 11.4 Å². The van der Waals surface area contributed by atoms with Gasteiger partial charge in [-0.25, -0.2) is 0 Å². The summed E-state index contributed by atoms with van der Waals surface area (Å²) in [4.78, 5) is 31.1. The van der Waals surface area contributed by atoms with Gasteiger partial charge in [0.25, 0.3) is 5.91 Å². The number of carbonyl (C=O) groups excluding carboxylic acids is 2. The van der Waals surface area contributed by atoms with Crippen molar-refractivity contribution in [3.05, 3.63) is 64.5 Å². The number of piperidine rings is 1. The van der Waals surface area contributed by atoms with E-state index in [1.807, 2.05) is 53.4 Å². The molecule has 0 aliphatic carbocycles. The first-order chi connectivity index (χ1) is 15.0. The number of hydrogen-bond donors (Lipinski definition) is 1. The molecule has 4 rings (SSSR count). The molecule has 2 amide bonds. The highest BCUT2D eigenvalue weighted by Gasteiger charge is 2.29. The molecule has 1 fully saturated rings. The van der Waals surface area contributed by atoms with Crippen molar-refractivity contribution >= 4 is 33.4 Å². The number of nitrogens with one attached hydrogen (secondary N) is 1. The van der Waals surface area contributed by atoms with Crippen LogP contribution in [0.2, 0.25) is 0 Å². The molecule has 1 aliphatic rings. The number of nitrogens with zero attached hydrogens (tertiary/aromatic N) is 3. The molecule has 1 atom stereocenters. The van der Waals surface area contributed by atoms with Crippen molar-refractivity contribution in [2.24, 2.45) is 0 Å². The van der Waals surface area contributed by atoms with E-state index in [4.69, 9.17) is 4.52 Å². The third-order valence-corrected chi connectivity index (χ3v) is 6.02. The van der Waals surface area contributed by atoms with Gasteiger partial charge in [-0.2, -0.15) is 4.98 Å². The number of likely N-dealkylation sites (tertiary alicyclic amines) is 1. The number of halogens is 1. The van der Waals surface area contributed by atoms with Crippen LogP contribution in [0, 0.1) is 0 Å². The van der Waals surface area contributed by atoms with Crippen molar-refractivity contribution in [3.63, 3.8) is 0 Å². The number of hydrogen-bond acceptors (Lipinski definition) is 5. The van der Waals surface area contributed by atoms with Crippen molar-refractivity contribution in [2.45, 2.75) is 32.1 Å². The van der Waals surface area contributed by atoms with Crippen LogP contribution >= 0.6 is 15.9 Å². The van der Waals surface area contributed by atoms with E-state index < -0.39 is 0 Å². The van der Waals surface area contributed by atoms with Crippen molar-refractivity contribution in [2.75, 3.05) is 18.4 Å². The lowest BCUT2D eigenvalue weighted by molar-refractivity contribution is -0.115. The molecule has 0 saturated carbocycles. The molecule has 2 aromatic carbocycles. The molecule has 2 heterocycles. The van der Waals surface area contributed by atoms with Gasteiger partial charge in [0.15, 0.2) is 0 Å². The van der Waals surface area contributed by atoms with E-state index in [1.54, 1.807) is 6.92 Å². The number of carbonyl (C=O) groups is 2. The SMILES string of the molecule is CCC(=O)Nc1cccc(-c2noc(C3CCCN(C(=O)c4ccccc4Br)C3)n2)c1. The van der Waals surface area contributed by atoms with Gasteiger partial charge in [0, 0.05) is 35.2 Å². The molecular weight excluding hydrogens is 460 g/mol. The molecule has 1 unspecified atom stereocenters. The molecule has 0 spiro atoms. The fraction of sp³-hybridized carbons (Fsp3) is 0.304. The quantitative estimate of drug-likeness (QED) is 0.560. The molecule has 1 aliphatic heterocycles. The second-order valence-corrected chi connectivity index (χ2v) is 8.36. The highest BCUT2D eigenvalue weighted by molar-refractivity contribution is 9.10. The maximum absolute atomic E-state index is 13.0. The smallest absolute Gasteiger partial charge is 0.255 e. The molecular formula is C23H23BrN4O3. The lowest BCUT2D eigenvalue weighted by atomic mass is 9.97. The lowest BCUT2D eigenvalue weighted by Crippen LogP contribution is -2.39. The third-order valence-electron chi connectivity index (χ3n) is 5.33. The van der Waals surface area contributed by atoms with Gasteiger partial charge in [0.2, 0.25) is 17.6 Å². The van der Waals surface area contributed by atoms with E-state index in [9.17, 15) is 9.59 Å². The fourth-order valence-electron chi connectivity index (χ4n) is 3.67. The lowest BCUT2D eigenvalue weighted by Gasteiger charge is -2.31. The van der Waals surface area contributed by atoms with Crippen molar-refractivity contribution in [1.82, 2.24) is 15.0 Å². The third kappa shape index (κ3) is 4.85. The summed E-state index contributed by atoms with van der Waals surface area (Å²) in [5.74, 6) is 0.933. The van der Waals surface area contributed by atoms with E-state index >= 15 is 0 Å². The monoisotopic (exact) mass is 482 g/mol. The van der Waals surface area contributed by atoms with Crippen LogP contribution in [0.1, 0.15) is 48.4 Å². The van der Waals surface area contributed by atoms with Gasteiger partial charge in [-0.1, -0.05) is 36.3 Å². The molecule has 8 heteroatoms. The number of aromatic nitrogens is 2. The summed E-state index contributed by atoms with van der Waals surface area (Å²) in [5, 5.41) is 6.97. The molecule has 31 heavy (non-hydrogen) atoms. The van der Waals surface area contributed by atoms with Crippen LogP contribution in [-0.4, -0.2) is 39.9 Å². The fourth-order valence-corrected chi connectivity index (χ4v) is 4.13. The standard InChI is InChI=1S/C23H23BrN4O3/c1-2-20(29)25-17-9-5-7-15(13-17)21-26-22(31-27-21)16-8-6-12-28(14-16)23(30)18-10-3-4-11-19(18)24/h3-5,7,9-11,13,16H,2,6,8,12,14H2,1H3,(H,25,29). The number of rotatable bonds is 5. The number of amides is 2. The Kier molecular flexibility index (Phi) is 6.46. The highest BCUT2D eigenvalue weighted by atomic mass is 79.9. The van der Waals surface area contributed by atoms with Gasteiger partial charge in [-0.15, -0.1) is 0 Å². The second kappa shape index (κ2) is 9.43. The Morgan fingerprint density at radius 3 is 2.87 bits per heavy atom. The van der Waals surface area contributed by atoms with Gasteiger partial charge >= 0.3 is 0 Å². The van der Waals surface area contributed by atoms with Gasteiger partial charge < -0.3 is 14.7 Å². The van der Waals surface area contributed by atoms with E-state index in [-0.39, 0.29) is 17.7 Å². The average Bonchev–Trinajstić information content (AvgIpc) is 3.30. The van der Waals surface area contributed by atoms with E-state index in [2.05, 4.69) is 31.4 Å². The molecule has 3 aromatic rings. The molecule has 1 N–H and O–H groups in total. The van der Waals surface area contributed by atoms with E-state index in [0.29, 0.717) is 42.5 Å². The zero-order valence-electron chi connectivity index (χ0n) is 17.2. The second-order valence-electron chi connectivity index (χ2n) is 7.51. The summed E-state index contributed by atoms with van der Waals surface area (Å²) in [6, 6.07) is 14.8. The van der Waals surface area contributed by atoms with Gasteiger partial charge in [-0.3, -0.25) is 9.59 Å². The maximum Gasteiger partial charge on any atom is 0.255 e. The maximum atomic E-state index is 13.0. The average molecular weight is 483 g/mol. The minimum Gasteiger partial charge on any atom is -0.339 e. The van der Waals surface area contributed by atoms with E-state index in [0.717, 1.165) is 22.9 Å². The van der Waals surface area contributed by atoms with Crippen LogP contribution in [0.5, 0.6) is 0 Å². The Balaban J connectivity index is 1.49. The largest absolute Gasteiger partial charge is 0.339 e. The molecule has 1 saturated heterocycles. The predicted molar refractivity (Wildman–Crippen MR) is 121 cm³/mol. The van der Waals surface area contributed by atoms with Crippen LogP contribution < -0.4 is 5.32 Å². The summed E-state index contributed by atoms with van der Waals surface area (Å²) in [5.41, 5.74) is 2.11. The van der Waals surface area contributed by atoms with Gasteiger partial charge in [0.1, 0.15) is 0 Å². The Morgan fingerprint density at radius 2 is 2.06 bits per heavy atom. The molecule has 7 nitrogen and oxygen atoms in total. The minimum atomic E-state index is -0.0528. The molecule has 160 valence electrons. The van der Waals surface area contributed by atoms with Crippen LogP contribution in [0.3, 0.4) is 0 Å². The van der Waals surface area contributed by atoms with Gasteiger partial charge in [-0.05, 0) is 53.0 Å². The van der Waals surface area contributed by atoms with Crippen molar-refractivity contribution < 1.29 is 14.1 Å². The Morgan fingerprint density at radius 1 is 1.23 bits per heavy atom. The first-order valence-electron chi connectivity index (χ1n) is 10.3. The van der Waals surface area contributed by atoms with Crippen LogP contribution in [-0.2, 0) is 4.79 Å². The predicted octanol–water partition coefficient (Wildman–Crippen LogP) is 4.87. The zero-order valence-corrected chi connectivity index (χ0v) is 18.8. The van der Waals surface area contributed by atoms with E-state index in [1.165, 1.54) is 0 Å². The summed E-state index contributed by atoms with van der Waals surface area (Å²) in [6.45, 7) is 3.05. The minimum absolute atomic E-state index is 0.00344. The van der Waals surface area contributed by atoms with Crippen LogP contribution in [0.15, 0.2) is 57.5 Å². The normalized spacial score (nSPS) is 16.2. The topological polar surface area (TPSA) is 88.3 Å². The Bertz CT molecular complexity index is 1100.